The molecule has 0 bridgehead atoms. The third kappa shape index (κ3) is 7.80. The van der Waals surface area contributed by atoms with Crippen LogP contribution in [0.2, 0.25) is 0 Å². The van der Waals surface area contributed by atoms with Gasteiger partial charge in [0.05, 0.1) is 22.6 Å². The van der Waals surface area contributed by atoms with Crippen LogP contribution in [0.5, 0.6) is 0 Å². The van der Waals surface area contributed by atoms with Crippen LogP contribution < -0.4 is 16.0 Å². The quantitative estimate of drug-likeness (QED) is 0.207. The molecule has 1 aliphatic heterocycles. The monoisotopic (exact) mass is 567 g/mol. The fourth-order valence-corrected chi connectivity index (χ4v) is 5.99. The van der Waals surface area contributed by atoms with Crippen molar-refractivity contribution in [2.45, 2.75) is 80.9 Å². The number of rotatable bonds is 6. The molecule has 4 rings (SSSR count). The van der Waals surface area contributed by atoms with Gasteiger partial charge in [0.15, 0.2) is 0 Å². The minimum Gasteiger partial charge on any atom is -0.444 e. The zero-order valence-corrected chi connectivity index (χ0v) is 23.0. The van der Waals surface area contributed by atoms with E-state index in [0.717, 1.165) is 49.6 Å². The van der Waals surface area contributed by atoms with Crippen molar-refractivity contribution in [3.8, 4) is 0 Å². The highest BCUT2D eigenvalue weighted by molar-refractivity contribution is 7.99. The normalized spacial score (nSPS) is 18.8. The number of hydrogen-bond donors (Lipinski definition) is 3. The van der Waals surface area contributed by atoms with Gasteiger partial charge in [0.25, 0.3) is 0 Å². The largest absolute Gasteiger partial charge is 0.444 e. The van der Waals surface area contributed by atoms with Gasteiger partial charge < -0.3 is 20.7 Å². The molecule has 2 aromatic rings. The highest BCUT2D eigenvalue weighted by atomic mass is 32.2. The molecule has 0 aromatic heterocycles. The van der Waals surface area contributed by atoms with Gasteiger partial charge in [0, 0.05) is 22.3 Å². The smallest absolute Gasteiger partial charge is 0.416 e. The third-order valence-electron chi connectivity index (χ3n) is 6.72. The van der Waals surface area contributed by atoms with Crippen molar-refractivity contribution in [3.63, 3.8) is 0 Å². The van der Waals surface area contributed by atoms with Crippen LogP contribution in [0.3, 0.4) is 0 Å². The van der Waals surface area contributed by atoms with E-state index in [1.807, 2.05) is 0 Å². The molecule has 1 saturated carbocycles. The van der Waals surface area contributed by atoms with Gasteiger partial charge in [0.1, 0.15) is 11.4 Å². The Bertz CT molecular complexity index is 1230. The summed E-state index contributed by atoms with van der Waals surface area (Å²) in [5.41, 5.74) is -0.660. The zero-order chi connectivity index (χ0) is 28.4. The van der Waals surface area contributed by atoms with Crippen LogP contribution in [0, 0.1) is 17.7 Å². The maximum Gasteiger partial charge on any atom is 0.416 e. The molecule has 6 nitrogen and oxygen atoms in total. The molecule has 3 N–H and O–H groups in total. The molecular formula is C28H33F4N3O3S. The van der Waals surface area contributed by atoms with Gasteiger partial charge in [-0.1, -0.05) is 24.6 Å². The number of hydrogen-bond acceptors (Lipinski definition) is 5. The van der Waals surface area contributed by atoms with E-state index in [0.29, 0.717) is 40.6 Å². The SMILES string of the molecule is CC(C)(C)OC(=O)NCCCC1CCCC(C(=O)Nc2cc(C(F)(F)F)cc3c2Nc2cc(F)ccc2S3)C1. The number of halogens is 4. The lowest BCUT2D eigenvalue weighted by atomic mass is 9.79. The summed E-state index contributed by atoms with van der Waals surface area (Å²) in [6.07, 6.45) is -0.452. The van der Waals surface area contributed by atoms with Crippen LogP contribution in [-0.4, -0.2) is 24.1 Å². The molecule has 0 saturated heterocycles. The maximum atomic E-state index is 13.8. The molecule has 11 heteroatoms. The van der Waals surface area contributed by atoms with Crippen molar-refractivity contribution in [2.75, 3.05) is 17.2 Å². The van der Waals surface area contributed by atoms with E-state index in [4.69, 9.17) is 4.74 Å². The Morgan fingerprint density at radius 2 is 1.87 bits per heavy atom. The second kappa shape index (κ2) is 11.7. The second-order valence-corrected chi connectivity index (χ2v) is 12.1. The number of alkyl halides is 3. The minimum atomic E-state index is -4.60. The topological polar surface area (TPSA) is 79.5 Å². The average Bonchev–Trinajstić information content (AvgIpc) is 2.84. The van der Waals surface area contributed by atoms with Crippen molar-refractivity contribution in [1.29, 1.82) is 0 Å². The average molecular weight is 568 g/mol. The molecule has 2 aromatic carbocycles. The van der Waals surface area contributed by atoms with Gasteiger partial charge >= 0.3 is 12.3 Å². The molecule has 212 valence electrons. The number of anilines is 3. The molecule has 1 heterocycles. The summed E-state index contributed by atoms with van der Waals surface area (Å²) in [5, 5.41) is 8.49. The van der Waals surface area contributed by atoms with E-state index in [1.165, 1.54) is 18.2 Å². The van der Waals surface area contributed by atoms with E-state index in [9.17, 15) is 27.2 Å². The molecule has 2 amide bonds. The number of ether oxygens (including phenoxy) is 1. The van der Waals surface area contributed by atoms with Gasteiger partial charge in [-0.25, -0.2) is 9.18 Å². The van der Waals surface area contributed by atoms with Gasteiger partial charge in [-0.15, -0.1) is 0 Å². The first-order chi connectivity index (χ1) is 18.3. The lowest BCUT2D eigenvalue weighted by molar-refractivity contribution is -0.137. The summed E-state index contributed by atoms with van der Waals surface area (Å²) in [4.78, 5) is 26.0. The Morgan fingerprint density at radius 3 is 2.59 bits per heavy atom. The number of carbonyl (C=O) groups is 2. The first-order valence-electron chi connectivity index (χ1n) is 13.1. The number of alkyl carbamates (subject to hydrolysis) is 1. The lowest BCUT2D eigenvalue weighted by Gasteiger charge is -2.30. The predicted molar refractivity (Wildman–Crippen MR) is 143 cm³/mol. The first-order valence-corrected chi connectivity index (χ1v) is 13.9. The summed E-state index contributed by atoms with van der Waals surface area (Å²) in [5.74, 6) is -0.870. The molecular weight excluding hydrogens is 534 g/mol. The van der Waals surface area contributed by atoms with E-state index in [2.05, 4.69) is 16.0 Å². The zero-order valence-electron chi connectivity index (χ0n) is 22.1. The van der Waals surface area contributed by atoms with Crippen LogP contribution in [0.1, 0.15) is 64.9 Å². The highest BCUT2D eigenvalue weighted by Gasteiger charge is 2.35. The molecule has 1 aliphatic carbocycles. The molecule has 1 fully saturated rings. The van der Waals surface area contributed by atoms with Crippen LogP contribution in [0.4, 0.5) is 39.4 Å². The number of benzene rings is 2. The fraction of sp³-hybridized carbons (Fsp3) is 0.500. The van der Waals surface area contributed by atoms with Crippen molar-refractivity contribution in [2.24, 2.45) is 11.8 Å². The minimum absolute atomic E-state index is 0.0240. The number of amides is 2. The van der Waals surface area contributed by atoms with Gasteiger partial charge in [-0.3, -0.25) is 4.79 Å². The van der Waals surface area contributed by atoms with Gasteiger partial charge in [-0.2, -0.15) is 13.2 Å². The molecule has 2 aliphatic rings. The third-order valence-corrected chi connectivity index (χ3v) is 7.84. The van der Waals surface area contributed by atoms with Crippen LogP contribution in [0.15, 0.2) is 40.1 Å². The number of carbonyl (C=O) groups excluding carboxylic acids is 2. The maximum absolute atomic E-state index is 13.8. The first kappa shape index (κ1) is 29.0. The Kier molecular flexibility index (Phi) is 8.68. The summed E-state index contributed by atoms with van der Waals surface area (Å²) in [6.45, 7) is 5.85. The Balaban J connectivity index is 1.41. The molecule has 39 heavy (non-hydrogen) atoms. The van der Waals surface area contributed by atoms with Gasteiger partial charge in [-0.05, 0) is 82.7 Å². The van der Waals surface area contributed by atoms with Crippen LogP contribution >= 0.6 is 11.8 Å². The summed E-state index contributed by atoms with van der Waals surface area (Å²) in [7, 11) is 0. The molecule has 2 atom stereocenters. The second-order valence-electron chi connectivity index (χ2n) is 11.1. The van der Waals surface area contributed by atoms with Crippen molar-refractivity contribution < 1.29 is 31.9 Å². The van der Waals surface area contributed by atoms with E-state index in [-0.39, 0.29) is 23.4 Å². The Morgan fingerprint density at radius 1 is 1.10 bits per heavy atom. The summed E-state index contributed by atoms with van der Waals surface area (Å²) in [6, 6.07) is 6.00. The summed E-state index contributed by atoms with van der Waals surface area (Å²) < 4.78 is 60.1. The lowest BCUT2D eigenvalue weighted by Crippen LogP contribution is -2.33. The van der Waals surface area contributed by atoms with Gasteiger partial charge in [0.2, 0.25) is 5.91 Å². The Hall–Kier alpha value is -2.95. The van der Waals surface area contributed by atoms with Crippen LogP contribution in [-0.2, 0) is 15.7 Å². The van der Waals surface area contributed by atoms with Crippen LogP contribution in [0.25, 0.3) is 0 Å². The molecule has 0 radical (unpaired) electrons. The van der Waals surface area contributed by atoms with Crippen molar-refractivity contribution in [3.05, 3.63) is 41.7 Å². The van der Waals surface area contributed by atoms with E-state index < -0.39 is 29.3 Å². The summed E-state index contributed by atoms with van der Waals surface area (Å²) >= 11 is 1.10. The van der Waals surface area contributed by atoms with Crippen molar-refractivity contribution in [1.82, 2.24) is 5.32 Å². The number of fused-ring (bicyclic) bond motifs is 2. The molecule has 0 spiro atoms. The van der Waals surface area contributed by atoms with Crippen molar-refractivity contribution >= 4 is 40.8 Å². The molecule has 2 unspecified atom stereocenters. The van der Waals surface area contributed by atoms with E-state index >= 15 is 0 Å². The van der Waals surface area contributed by atoms with E-state index in [1.54, 1.807) is 20.8 Å². The fourth-order valence-electron chi connectivity index (χ4n) is 4.95. The standard InChI is InChI=1S/C28H33F4N3O3S/c1-27(2,3)38-26(37)33-11-5-7-16-6-4-8-17(12-16)25(36)35-21-13-18(28(30,31)32)14-23-24(21)34-20-15-19(29)9-10-22(20)39-23/h9-10,13-17,34H,4-8,11-12H2,1-3H3,(H,33,37)(H,35,36). The predicted octanol–water partition coefficient (Wildman–Crippen LogP) is 8.10. The number of nitrogens with one attached hydrogen (secondary N) is 3. The Labute approximate surface area is 229 Å². The highest BCUT2D eigenvalue weighted by Crippen LogP contribution is 2.49.